The van der Waals surface area contributed by atoms with E-state index in [1.807, 2.05) is 42.5 Å². The van der Waals surface area contributed by atoms with Gasteiger partial charge in [-0.15, -0.1) is 4.91 Å². The van der Waals surface area contributed by atoms with Crippen molar-refractivity contribution < 1.29 is 4.84 Å². The Morgan fingerprint density at radius 1 is 0.875 bits per heavy atom. The molecule has 0 N–H and O–H groups in total. The maximum absolute atomic E-state index is 9.79. The van der Waals surface area contributed by atoms with Crippen LogP contribution in [0.3, 0.4) is 0 Å². The summed E-state index contributed by atoms with van der Waals surface area (Å²) in [6.07, 6.45) is 0. The monoisotopic (exact) mass is 213 g/mol. The highest BCUT2D eigenvalue weighted by Gasteiger charge is 1.97. The van der Waals surface area contributed by atoms with Crippen LogP contribution in [-0.2, 0) is 11.4 Å². The first-order valence-corrected chi connectivity index (χ1v) is 4.99. The van der Waals surface area contributed by atoms with E-state index in [9.17, 15) is 4.91 Å². The highest BCUT2D eigenvalue weighted by molar-refractivity contribution is 5.63. The van der Waals surface area contributed by atoms with E-state index in [-0.39, 0.29) is 6.61 Å². The van der Waals surface area contributed by atoms with Crippen LogP contribution in [0.15, 0.2) is 59.9 Å². The second kappa shape index (κ2) is 5.07. The number of benzene rings is 2. The van der Waals surface area contributed by atoms with E-state index in [0.29, 0.717) is 0 Å². The summed E-state index contributed by atoms with van der Waals surface area (Å²) in [5, 5.41) is 2.36. The van der Waals surface area contributed by atoms with Gasteiger partial charge < -0.3 is 4.84 Å². The highest BCUT2D eigenvalue weighted by atomic mass is 16.7. The molecule has 80 valence electrons. The molecule has 0 aliphatic rings. The Morgan fingerprint density at radius 2 is 1.50 bits per heavy atom. The Hall–Kier alpha value is -2.16. The summed E-state index contributed by atoms with van der Waals surface area (Å²) in [5.74, 6) is 0. The Bertz CT molecular complexity index is 451. The summed E-state index contributed by atoms with van der Waals surface area (Å²) in [6.45, 7) is 0.221. The third-order valence-corrected chi connectivity index (χ3v) is 2.34. The van der Waals surface area contributed by atoms with Crippen molar-refractivity contribution in [1.29, 1.82) is 0 Å². The van der Waals surface area contributed by atoms with Crippen molar-refractivity contribution in [2.45, 2.75) is 6.61 Å². The molecule has 0 aromatic heterocycles. The molecular weight excluding hydrogens is 202 g/mol. The zero-order valence-electron chi connectivity index (χ0n) is 8.67. The molecule has 2 rings (SSSR count). The first kappa shape index (κ1) is 10.4. The van der Waals surface area contributed by atoms with Crippen molar-refractivity contribution in [3.05, 3.63) is 65.1 Å². The predicted molar refractivity (Wildman–Crippen MR) is 62.5 cm³/mol. The summed E-state index contributed by atoms with van der Waals surface area (Å²) >= 11 is 0. The molecule has 0 aliphatic heterocycles. The van der Waals surface area contributed by atoms with Gasteiger partial charge in [-0.2, -0.15) is 0 Å². The lowest BCUT2D eigenvalue weighted by molar-refractivity contribution is 0.126. The standard InChI is InChI=1S/C13H11NO2/c15-14-16-10-11-6-8-13(9-7-11)12-4-2-1-3-5-12/h1-9H,10H2. The van der Waals surface area contributed by atoms with Gasteiger partial charge in [0, 0.05) is 0 Å². The van der Waals surface area contributed by atoms with E-state index in [4.69, 9.17) is 0 Å². The fourth-order valence-electron chi connectivity index (χ4n) is 1.52. The molecule has 0 saturated heterocycles. The largest absolute Gasteiger partial charge is 0.359 e. The van der Waals surface area contributed by atoms with Gasteiger partial charge in [-0.25, -0.2) is 0 Å². The van der Waals surface area contributed by atoms with E-state index in [1.54, 1.807) is 0 Å². The maximum Gasteiger partial charge on any atom is 0.155 e. The van der Waals surface area contributed by atoms with Gasteiger partial charge in [0.15, 0.2) is 5.34 Å². The van der Waals surface area contributed by atoms with Crippen LogP contribution in [0.4, 0.5) is 0 Å². The third kappa shape index (κ3) is 2.45. The molecule has 2 aromatic rings. The lowest BCUT2D eigenvalue weighted by Gasteiger charge is -2.02. The van der Waals surface area contributed by atoms with Crippen LogP contribution in [0, 0.1) is 4.91 Å². The normalized spacial score (nSPS) is 9.75. The van der Waals surface area contributed by atoms with Gasteiger partial charge in [0.2, 0.25) is 0 Å². The smallest absolute Gasteiger partial charge is 0.155 e. The molecule has 0 bridgehead atoms. The quantitative estimate of drug-likeness (QED) is 0.575. The molecule has 0 heterocycles. The molecule has 0 unspecified atom stereocenters. The van der Waals surface area contributed by atoms with Gasteiger partial charge >= 0.3 is 0 Å². The molecule has 0 amide bonds. The number of nitrogens with zero attached hydrogens (tertiary/aromatic N) is 1. The highest BCUT2D eigenvalue weighted by Crippen LogP contribution is 2.19. The second-order valence-corrected chi connectivity index (χ2v) is 3.41. The fraction of sp³-hybridized carbons (Fsp3) is 0.0769. The Morgan fingerprint density at radius 3 is 2.12 bits per heavy atom. The van der Waals surface area contributed by atoms with Crippen LogP contribution < -0.4 is 0 Å². The van der Waals surface area contributed by atoms with Crippen molar-refractivity contribution in [2.75, 3.05) is 0 Å². The van der Waals surface area contributed by atoms with Crippen molar-refractivity contribution in [3.8, 4) is 11.1 Å². The first-order valence-electron chi connectivity index (χ1n) is 4.99. The van der Waals surface area contributed by atoms with Gasteiger partial charge in [-0.05, 0) is 16.7 Å². The Labute approximate surface area is 93.6 Å². The van der Waals surface area contributed by atoms with Gasteiger partial charge in [0.25, 0.3) is 0 Å². The van der Waals surface area contributed by atoms with Crippen LogP contribution in [-0.4, -0.2) is 0 Å². The Kier molecular flexibility index (Phi) is 3.28. The van der Waals surface area contributed by atoms with Crippen LogP contribution in [0.5, 0.6) is 0 Å². The van der Waals surface area contributed by atoms with E-state index in [2.05, 4.69) is 22.3 Å². The second-order valence-electron chi connectivity index (χ2n) is 3.41. The van der Waals surface area contributed by atoms with Crippen molar-refractivity contribution in [1.82, 2.24) is 0 Å². The van der Waals surface area contributed by atoms with Crippen molar-refractivity contribution in [2.24, 2.45) is 5.34 Å². The Balaban J connectivity index is 2.16. The summed E-state index contributed by atoms with van der Waals surface area (Å²) in [7, 11) is 0. The van der Waals surface area contributed by atoms with Crippen LogP contribution >= 0.6 is 0 Å². The molecule has 0 fully saturated rings. The molecular formula is C13H11NO2. The van der Waals surface area contributed by atoms with E-state index < -0.39 is 0 Å². The molecule has 0 spiro atoms. The summed E-state index contributed by atoms with van der Waals surface area (Å²) in [5.41, 5.74) is 3.24. The maximum atomic E-state index is 9.79. The average Bonchev–Trinajstić information content (AvgIpc) is 2.38. The number of rotatable bonds is 4. The number of hydrogen-bond donors (Lipinski definition) is 0. The van der Waals surface area contributed by atoms with Crippen LogP contribution in [0.1, 0.15) is 5.56 Å². The minimum atomic E-state index is 0.221. The van der Waals surface area contributed by atoms with Crippen molar-refractivity contribution >= 4 is 0 Å². The zero-order chi connectivity index (χ0) is 11.2. The third-order valence-electron chi connectivity index (χ3n) is 2.34. The summed E-state index contributed by atoms with van der Waals surface area (Å²) in [6, 6.07) is 17.9. The molecule has 3 nitrogen and oxygen atoms in total. The molecule has 0 radical (unpaired) electrons. The van der Waals surface area contributed by atoms with Gasteiger partial charge in [-0.1, -0.05) is 54.6 Å². The molecule has 3 heteroatoms. The van der Waals surface area contributed by atoms with Crippen LogP contribution in [0.2, 0.25) is 0 Å². The topological polar surface area (TPSA) is 38.7 Å². The lowest BCUT2D eigenvalue weighted by atomic mass is 10.0. The minimum absolute atomic E-state index is 0.221. The van der Waals surface area contributed by atoms with Gasteiger partial charge in [0.1, 0.15) is 6.61 Å². The summed E-state index contributed by atoms with van der Waals surface area (Å²) in [4.78, 5) is 14.2. The molecule has 0 saturated carbocycles. The lowest BCUT2D eigenvalue weighted by Crippen LogP contribution is -1.86. The minimum Gasteiger partial charge on any atom is -0.359 e. The molecule has 0 aliphatic carbocycles. The van der Waals surface area contributed by atoms with E-state index in [0.717, 1.165) is 11.1 Å². The first-order chi connectivity index (χ1) is 7.90. The molecule has 16 heavy (non-hydrogen) atoms. The predicted octanol–water partition coefficient (Wildman–Crippen LogP) is 3.55. The number of hydrogen-bond acceptors (Lipinski definition) is 3. The average molecular weight is 213 g/mol. The van der Waals surface area contributed by atoms with E-state index >= 15 is 0 Å². The van der Waals surface area contributed by atoms with Crippen LogP contribution in [0.25, 0.3) is 11.1 Å². The molecule has 2 aromatic carbocycles. The molecule has 0 atom stereocenters. The summed E-state index contributed by atoms with van der Waals surface area (Å²) < 4.78 is 0. The van der Waals surface area contributed by atoms with Gasteiger partial charge in [0.05, 0.1) is 0 Å². The fourth-order valence-corrected chi connectivity index (χ4v) is 1.52. The van der Waals surface area contributed by atoms with Gasteiger partial charge in [-0.3, -0.25) is 0 Å². The zero-order valence-corrected chi connectivity index (χ0v) is 8.67. The van der Waals surface area contributed by atoms with E-state index in [1.165, 1.54) is 5.56 Å². The SMILES string of the molecule is O=NOCc1ccc(-c2ccccc2)cc1. The van der Waals surface area contributed by atoms with Crippen molar-refractivity contribution in [3.63, 3.8) is 0 Å².